The van der Waals surface area contributed by atoms with Crippen molar-refractivity contribution in [3.8, 4) is 0 Å². The van der Waals surface area contributed by atoms with Crippen LogP contribution in [0.4, 0.5) is 0 Å². The minimum Gasteiger partial charge on any atom is -0.314 e. The largest absolute Gasteiger partial charge is 0.314 e. The van der Waals surface area contributed by atoms with Crippen molar-refractivity contribution in [2.45, 2.75) is 102 Å². The second-order valence-electron chi connectivity index (χ2n) is 16.2. The molecule has 4 nitrogen and oxygen atoms in total. The molecule has 7 rings (SSSR count). The number of hydrogen-bond donors (Lipinski definition) is 4. The molecule has 6 heteroatoms. The second kappa shape index (κ2) is 11.0. The van der Waals surface area contributed by atoms with Crippen molar-refractivity contribution in [2.75, 3.05) is 45.4 Å². The van der Waals surface area contributed by atoms with Crippen molar-refractivity contribution in [1.29, 1.82) is 0 Å². The van der Waals surface area contributed by atoms with E-state index < -0.39 is 0 Å². The van der Waals surface area contributed by atoms with Gasteiger partial charge in [0.05, 0.1) is 0 Å². The van der Waals surface area contributed by atoms with Crippen molar-refractivity contribution in [3.05, 3.63) is 23.3 Å². The van der Waals surface area contributed by atoms with Crippen LogP contribution in [0.5, 0.6) is 0 Å². The van der Waals surface area contributed by atoms with E-state index in [9.17, 15) is 0 Å². The van der Waals surface area contributed by atoms with E-state index in [-0.39, 0.29) is 18.5 Å². The van der Waals surface area contributed by atoms with Crippen LogP contribution in [0, 0.1) is 35.0 Å². The highest BCUT2D eigenvalue weighted by Crippen LogP contribution is 2.68. The molecule has 0 radical (unpaired) electrons. The summed E-state index contributed by atoms with van der Waals surface area (Å²) >= 11 is 0. The normalized spacial score (nSPS) is 41.2. The van der Waals surface area contributed by atoms with Crippen LogP contribution in [0.3, 0.4) is 0 Å². The number of allylic oxidation sites excluding steroid dienone is 3. The maximum absolute atomic E-state index is 3.99. The fraction of sp³-hybridized carbons (Fsp3) is 0.879. The topological polar surface area (TPSA) is 48.1 Å². The zero-order valence-electron chi connectivity index (χ0n) is 25.8. The van der Waals surface area contributed by atoms with Gasteiger partial charge in [-0.1, -0.05) is 61.6 Å². The summed E-state index contributed by atoms with van der Waals surface area (Å²) in [5.74, 6) is 4.70. The first-order valence-electron chi connectivity index (χ1n) is 16.3. The van der Waals surface area contributed by atoms with E-state index in [0.717, 1.165) is 68.6 Å². The zero-order chi connectivity index (χ0) is 27.6. The highest BCUT2D eigenvalue weighted by molar-refractivity contribution is 7.60. The van der Waals surface area contributed by atoms with Crippen LogP contribution in [-0.2, 0) is 0 Å². The standard InChI is InChI=1S/C33H58N4P2/c1-31(2,3)26-16-25(20-39(32(4,5)6)30-23-12-21-11-22(14-23)15-24(30)13-21)27(17-26)33(38,28-18-34-7-9-36-28)29-19-35-8-10-37-29/h16-17,21-25,28-30,34-37H,7-15,18-20,38H2,1-6H3. The summed E-state index contributed by atoms with van der Waals surface area (Å²) in [5, 5.41) is 15.9. The van der Waals surface area contributed by atoms with Gasteiger partial charge in [0.2, 0.25) is 0 Å². The van der Waals surface area contributed by atoms with Crippen LogP contribution in [-0.4, -0.2) is 73.5 Å². The van der Waals surface area contributed by atoms with Gasteiger partial charge in [-0.15, -0.1) is 9.24 Å². The van der Waals surface area contributed by atoms with Crippen LogP contribution in [0.25, 0.3) is 0 Å². The van der Waals surface area contributed by atoms with Gasteiger partial charge in [-0.2, -0.15) is 0 Å². The maximum atomic E-state index is 3.99. The Morgan fingerprint density at radius 2 is 1.33 bits per heavy atom. The van der Waals surface area contributed by atoms with E-state index >= 15 is 0 Å². The Hall–Kier alpha value is 0.180. The molecule has 4 saturated carbocycles. The third-order valence-corrected chi connectivity index (χ3v) is 16.7. The van der Waals surface area contributed by atoms with Gasteiger partial charge in [0, 0.05) is 62.4 Å². The Kier molecular flexibility index (Phi) is 8.27. The van der Waals surface area contributed by atoms with Gasteiger partial charge in [0.25, 0.3) is 0 Å². The molecular weight excluding hydrogens is 514 g/mol. The highest BCUT2D eigenvalue weighted by Gasteiger charge is 2.54. The van der Waals surface area contributed by atoms with Gasteiger partial charge >= 0.3 is 0 Å². The van der Waals surface area contributed by atoms with E-state index in [1.165, 1.54) is 6.16 Å². The summed E-state index contributed by atoms with van der Waals surface area (Å²) in [4.78, 5) is 0. The Balaban J connectivity index is 1.37. The summed E-state index contributed by atoms with van der Waals surface area (Å²) in [6.45, 7) is 21.4. The van der Waals surface area contributed by atoms with Crippen LogP contribution in [0.2, 0.25) is 0 Å². The summed E-state index contributed by atoms with van der Waals surface area (Å²) in [5.41, 5.74) is 4.43. The second-order valence-corrected chi connectivity index (χ2v) is 20.4. The molecule has 0 spiro atoms. The van der Waals surface area contributed by atoms with Gasteiger partial charge < -0.3 is 21.3 Å². The Labute approximate surface area is 243 Å². The molecule has 2 saturated heterocycles. The van der Waals surface area contributed by atoms with Gasteiger partial charge in [-0.3, -0.25) is 0 Å². The number of nitrogens with one attached hydrogen (secondary N) is 4. The first kappa shape index (κ1) is 29.3. The highest BCUT2D eigenvalue weighted by atomic mass is 31.1. The summed E-state index contributed by atoms with van der Waals surface area (Å²) in [6, 6.07) is 0.828. The van der Waals surface area contributed by atoms with E-state index in [4.69, 9.17) is 0 Å². The van der Waals surface area contributed by atoms with Crippen molar-refractivity contribution >= 4 is 17.2 Å². The van der Waals surface area contributed by atoms with E-state index in [0.29, 0.717) is 23.2 Å². The molecule has 0 amide bonds. The Morgan fingerprint density at radius 3 is 1.77 bits per heavy atom. The summed E-state index contributed by atoms with van der Waals surface area (Å²) < 4.78 is 0. The molecule has 4 bridgehead atoms. The van der Waals surface area contributed by atoms with Gasteiger partial charge in [0.1, 0.15) is 0 Å². The van der Waals surface area contributed by atoms with Crippen LogP contribution in [0.15, 0.2) is 23.3 Å². The molecule has 39 heavy (non-hydrogen) atoms. The molecule has 220 valence electrons. The zero-order valence-corrected chi connectivity index (χ0v) is 27.8. The minimum absolute atomic E-state index is 0.0159. The first-order chi connectivity index (χ1) is 18.4. The van der Waals surface area contributed by atoms with Crippen LogP contribution >= 0.6 is 17.2 Å². The van der Waals surface area contributed by atoms with E-state index in [1.807, 2.05) is 0 Å². The molecule has 5 atom stereocenters. The third kappa shape index (κ3) is 5.63. The average molecular weight is 573 g/mol. The lowest BCUT2D eigenvalue weighted by Gasteiger charge is -2.59. The molecule has 7 aliphatic rings. The predicted octanol–water partition coefficient (Wildman–Crippen LogP) is 5.36. The number of hydrogen-bond acceptors (Lipinski definition) is 4. The SMILES string of the molecule is CC(C)(C)C1=CC(CP(C2C3CC4CC(C3)CC2C4)C(C)(C)C)C(C(P)(C2CNCCN2)C2CNCCN2)=C1. The molecule has 5 unspecified atom stereocenters. The average Bonchev–Trinajstić information content (AvgIpc) is 3.33. The smallest absolute Gasteiger partial charge is 0.0395 e. The van der Waals surface area contributed by atoms with E-state index in [1.54, 1.807) is 43.3 Å². The molecule has 0 aromatic carbocycles. The number of piperazine rings is 2. The minimum atomic E-state index is -0.0929. The van der Waals surface area contributed by atoms with Crippen molar-refractivity contribution < 1.29 is 0 Å². The Morgan fingerprint density at radius 1 is 0.795 bits per heavy atom. The van der Waals surface area contributed by atoms with Crippen LogP contribution in [0.1, 0.15) is 73.6 Å². The molecular formula is C33H58N4P2. The number of rotatable bonds is 6. The monoisotopic (exact) mass is 572 g/mol. The van der Waals surface area contributed by atoms with Crippen molar-refractivity contribution in [1.82, 2.24) is 21.3 Å². The quantitative estimate of drug-likeness (QED) is 0.324. The molecule has 0 aromatic heterocycles. The lowest BCUT2D eigenvalue weighted by atomic mass is 9.56. The van der Waals surface area contributed by atoms with Gasteiger partial charge in [-0.05, 0) is 89.3 Å². The molecule has 4 N–H and O–H groups in total. The molecule has 5 aliphatic carbocycles. The molecule has 2 heterocycles. The van der Waals surface area contributed by atoms with E-state index in [2.05, 4.69) is 84.2 Å². The first-order valence-corrected chi connectivity index (χ1v) is 18.5. The fourth-order valence-electron chi connectivity index (χ4n) is 9.78. The third-order valence-electron chi connectivity index (χ3n) is 11.5. The fourth-order valence-corrected chi connectivity index (χ4v) is 14.5. The van der Waals surface area contributed by atoms with Gasteiger partial charge in [0.15, 0.2) is 0 Å². The van der Waals surface area contributed by atoms with Crippen molar-refractivity contribution in [2.24, 2.45) is 35.0 Å². The van der Waals surface area contributed by atoms with Crippen molar-refractivity contribution in [3.63, 3.8) is 0 Å². The predicted molar refractivity (Wildman–Crippen MR) is 173 cm³/mol. The lowest BCUT2D eigenvalue weighted by Crippen LogP contribution is -2.69. The molecule has 0 aromatic rings. The lowest BCUT2D eigenvalue weighted by molar-refractivity contribution is 0.0242. The summed E-state index contributed by atoms with van der Waals surface area (Å²) in [7, 11) is 3.39. The molecule has 2 aliphatic heterocycles. The van der Waals surface area contributed by atoms with Gasteiger partial charge in [-0.25, -0.2) is 0 Å². The van der Waals surface area contributed by atoms with Crippen LogP contribution < -0.4 is 21.3 Å². The summed E-state index contributed by atoms with van der Waals surface area (Å²) in [6.07, 6.45) is 14.6. The molecule has 6 fully saturated rings. The Bertz CT molecular complexity index is 902. The maximum Gasteiger partial charge on any atom is 0.0395 e.